The number of allylic oxidation sites excluding steroid dienone is 3. The van der Waals surface area contributed by atoms with Crippen molar-refractivity contribution in [1.82, 2.24) is 10.3 Å². The van der Waals surface area contributed by atoms with Crippen molar-refractivity contribution < 1.29 is 9.59 Å². The van der Waals surface area contributed by atoms with E-state index in [2.05, 4.69) is 31.5 Å². The smallest absolute Gasteiger partial charge is 0.255 e. The Morgan fingerprint density at radius 1 is 1.33 bits per heavy atom. The van der Waals surface area contributed by atoms with Crippen molar-refractivity contribution in [3.8, 4) is 0 Å². The van der Waals surface area contributed by atoms with E-state index in [4.69, 9.17) is 0 Å². The van der Waals surface area contributed by atoms with Crippen LogP contribution in [0.4, 0.5) is 5.82 Å². The van der Waals surface area contributed by atoms with Crippen molar-refractivity contribution in [2.75, 3.05) is 5.32 Å². The molecule has 0 bridgehead atoms. The van der Waals surface area contributed by atoms with Crippen LogP contribution in [0, 0.1) is 0 Å². The molecule has 3 heterocycles. The Hall–Kier alpha value is -2.25. The van der Waals surface area contributed by atoms with Crippen molar-refractivity contribution >= 4 is 44.8 Å². The zero-order valence-corrected chi connectivity index (χ0v) is 17.1. The Bertz CT molecular complexity index is 962. The second-order valence-electron chi connectivity index (χ2n) is 6.64. The molecule has 0 saturated carbocycles. The minimum Gasteiger partial charge on any atom is -0.362 e. The number of ketones is 1. The summed E-state index contributed by atoms with van der Waals surface area (Å²) in [5, 5.41) is 10.2. The summed E-state index contributed by atoms with van der Waals surface area (Å²) in [6.45, 7) is 1.89. The average molecular weight is 444 g/mol. The molecular weight excluding hydrogens is 426 g/mol. The van der Waals surface area contributed by atoms with Gasteiger partial charge in [-0.2, -0.15) is 11.3 Å². The summed E-state index contributed by atoms with van der Waals surface area (Å²) in [7, 11) is 0. The number of aromatic nitrogens is 1. The highest BCUT2D eigenvalue weighted by molar-refractivity contribution is 9.10. The van der Waals surface area contributed by atoms with Gasteiger partial charge >= 0.3 is 0 Å². The lowest BCUT2D eigenvalue weighted by molar-refractivity contribution is -0.116. The maximum absolute atomic E-state index is 13.2. The van der Waals surface area contributed by atoms with E-state index in [1.165, 1.54) is 0 Å². The molecule has 2 N–H and O–H groups in total. The molecule has 5 nitrogen and oxygen atoms in total. The van der Waals surface area contributed by atoms with Crippen LogP contribution in [0.15, 0.2) is 62.2 Å². The number of carbonyl (C=O) groups excluding carboxylic acids is 2. The number of hydrogen-bond acceptors (Lipinski definition) is 5. The van der Waals surface area contributed by atoms with Gasteiger partial charge in [-0.1, -0.05) is 0 Å². The van der Waals surface area contributed by atoms with Gasteiger partial charge in [0.2, 0.25) is 0 Å². The SMILES string of the molecule is CC1=C(C(=O)Nc2ccc(Br)cn2)[C@H](c2ccsc2)C2=C(CCCC2=O)N1. The van der Waals surface area contributed by atoms with Crippen LogP contribution >= 0.6 is 27.3 Å². The third-order valence-corrected chi connectivity index (χ3v) is 6.04. The fraction of sp³-hybridized carbons (Fsp3) is 0.250. The molecule has 0 fully saturated rings. The number of hydrogen-bond donors (Lipinski definition) is 2. The lowest BCUT2D eigenvalue weighted by Crippen LogP contribution is -2.35. The summed E-state index contributed by atoms with van der Waals surface area (Å²) in [5.41, 5.74) is 4.04. The molecule has 1 amide bonds. The number of rotatable bonds is 3. The van der Waals surface area contributed by atoms with E-state index >= 15 is 0 Å². The summed E-state index contributed by atoms with van der Waals surface area (Å²) in [6.07, 6.45) is 3.85. The summed E-state index contributed by atoms with van der Waals surface area (Å²) >= 11 is 4.91. The molecule has 4 rings (SSSR count). The number of amides is 1. The highest BCUT2D eigenvalue weighted by Crippen LogP contribution is 2.42. The van der Waals surface area contributed by atoms with Gasteiger partial charge in [-0.25, -0.2) is 4.98 Å². The van der Waals surface area contributed by atoms with Gasteiger partial charge in [-0.15, -0.1) is 0 Å². The lowest BCUT2D eigenvalue weighted by atomic mass is 9.75. The van der Waals surface area contributed by atoms with Crippen LogP contribution in [0.5, 0.6) is 0 Å². The molecule has 1 atom stereocenters. The van der Waals surface area contributed by atoms with E-state index in [0.717, 1.165) is 39.8 Å². The normalized spacial score (nSPS) is 19.6. The Morgan fingerprint density at radius 2 is 2.19 bits per heavy atom. The van der Waals surface area contributed by atoms with Gasteiger partial charge in [0.05, 0.1) is 0 Å². The summed E-state index contributed by atoms with van der Waals surface area (Å²) in [6, 6.07) is 5.56. The van der Waals surface area contributed by atoms with E-state index in [-0.39, 0.29) is 17.6 Å². The Balaban J connectivity index is 1.74. The molecule has 7 heteroatoms. The molecule has 1 aliphatic carbocycles. The predicted octanol–water partition coefficient (Wildman–Crippen LogP) is 4.51. The number of Topliss-reactive ketones (excluding diaryl/α,β-unsaturated/α-hetero) is 1. The van der Waals surface area contributed by atoms with Crippen LogP contribution < -0.4 is 10.6 Å². The van der Waals surface area contributed by atoms with Crippen molar-refractivity contribution in [1.29, 1.82) is 0 Å². The van der Waals surface area contributed by atoms with E-state index in [9.17, 15) is 9.59 Å². The second kappa shape index (κ2) is 7.40. The van der Waals surface area contributed by atoms with Crippen LogP contribution in [0.1, 0.15) is 37.7 Å². The zero-order chi connectivity index (χ0) is 19.0. The van der Waals surface area contributed by atoms with E-state index < -0.39 is 0 Å². The number of halogens is 1. The molecule has 27 heavy (non-hydrogen) atoms. The minimum absolute atomic E-state index is 0.125. The van der Waals surface area contributed by atoms with Crippen LogP contribution in [-0.4, -0.2) is 16.7 Å². The molecule has 2 aromatic heterocycles. The van der Waals surface area contributed by atoms with Crippen molar-refractivity contribution in [3.05, 3.63) is 67.7 Å². The molecule has 0 aromatic carbocycles. The summed E-state index contributed by atoms with van der Waals surface area (Å²) in [4.78, 5) is 30.1. The van der Waals surface area contributed by atoms with Crippen LogP contribution in [0.3, 0.4) is 0 Å². The van der Waals surface area contributed by atoms with Crippen molar-refractivity contribution in [3.63, 3.8) is 0 Å². The Labute approximate surface area is 169 Å². The Morgan fingerprint density at radius 3 is 2.89 bits per heavy atom. The number of nitrogens with one attached hydrogen (secondary N) is 2. The lowest BCUT2D eigenvalue weighted by Gasteiger charge is -2.34. The molecule has 0 spiro atoms. The van der Waals surface area contributed by atoms with E-state index in [0.29, 0.717) is 17.8 Å². The number of pyridine rings is 1. The van der Waals surface area contributed by atoms with Crippen molar-refractivity contribution in [2.45, 2.75) is 32.1 Å². The Kier molecular flexibility index (Phi) is 4.97. The minimum atomic E-state index is -0.337. The monoisotopic (exact) mass is 443 g/mol. The highest BCUT2D eigenvalue weighted by atomic mass is 79.9. The second-order valence-corrected chi connectivity index (χ2v) is 8.33. The average Bonchev–Trinajstić information content (AvgIpc) is 3.17. The van der Waals surface area contributed by atoms with E-state index in [1.54, 1.807) is 23.6 Å². The number of thiophene rings is 1. The molecule has 0 radical (unpaired) electrons. The van der Waals surface area contributed by atoms with Crippen molar-refractivity contribution in [2.24, 2.45) is 0 Å². The zero-order valence-electron chi connectivity index (χ0n) is 14.7. The highest BCUT2D eigenvalue weighted by Gasteiger charge is 2.38. The third kappa shape index (κ3) is 3.49. The van der Waals surface area contributed by atoms with Gasteiger partial charge in [-0.3, -0.25) is 9.59 Å². The number of nitrogens with zero attached hydrogens (tertiary/aromatic N) is 1. The number of carbonyl (C=O) groups is 2. The topological polar surface area (TPSA) is 71.1 Å². The van der Waals surface area contributed by atoms with Crippen LogP contribution in [0.25, 0.3) is 0 Å². The maximum Gasteiger partial charge on any atom is 0.255 e. The van der Waals surface area contributed by atoms with Gasteiger partial charge in [0.15, 0.2) is 5.78 Å². The molecule has 1 aliphatic heterocycles. The molecular formula is C20H18BrN3O2S. The van der Waals surface area contributed by atoms with E-state index in [1.807, 2.05) is 29.8 Å². The summed E-state index contributed by atoms with van der Waals surface area (Å²) in [5.74, 6) is 0.0218. The van der Waals surface area contributed by atoms with Gasteiger partial charge in [-0.05, 0) is 70.2 Å². The first-order chi connectivity index (χ1) is 13.0. The molecule has 138 valence electrons. The first kappa shape index (κ1) is 18.1. The molecule has 2 aliphatic rings. The predicted molar refractivity (Wildman–Crippen MR) is 109 cm³/mol. The first-order valence-electron chi connectivity index (χ1n) is 8.73. The van der Waals surface area contributed by atoms with Crippen LogP contribution in [0.2, 0.25) is 0 Å². The quantitative estimate of drug-likeness (QED) is 0.731. The number of dihydropyridines is 1. The molecule has 2 aromatic rings. The molecule has 0 saturated heterocycles. The first-order valence-corrected chi connectivity index (χ1v) is 10.5. The fourth-order valence-corrected chi connectivity index (χ4v) is 4.61. The standard InChI is InChI=1S/C20H18BrN3O2S/c1-11-17(20(26)24-16-6-5-13(21)9-22-16)18(12-7-8-27-10-12)19-14(23-11)3-2-4-15(19)25/h5-10,18,23H,2-4H2,1H3,(H,22,24,26)/t18-/m0/s1. The van der Waals surface area contributed by atoms with Gasteiger partial charge in [0.25, 0.3) is 5.91 Å². The molecule has 0 unspecified atom stereocenters. The maximum atomic E-state index is 13.2. The van der Waals surface area contributed by atoms with Gasteiger partial charge < -0.3 is 10.6 Å². The largest absolute Gasteiger partial charge is 0.362 e. The van der Waals surface area contributed by atoms with Gasteiger partial charge in [0, 0.05) is 45.5 Å². The summed E-state index contributed by atoms with van der Waals surface area (Å²) < 4.78 is 0.842. The van der Waals surface area contributed by atoms with Crippen LogP contribution in [-0.2, 0) is 9.59 Å². The van der Waals surface area contributed by atoms with Gasteiger partial charge in [0.1, 0.15) is 5.82 Å². The fourth-order valence-electron chi connectivity index (χ4n) is 3.69. The number of anilines is 1. The third-order valence-electron chi connectivity index (χ3n) is 4.87.